The number of piperidine rings is 1. The van der Waals surface area contributed by atoms with Gasteiger partial charge in [-0.3, -0.25) is 14.6 Å². The second-order valence-corrected chi connectivity index (χ2v) is 6.83. The van der Waals surface area contributed by atoms with Gasteiger partial charge in [0.25, 0.3) is 5.91 Å². The number of hydrogen-bond donors (Lipinski definition) is 1. The zero-order chi connectivity index (χ0) is 16.2. The Morgan fingerprint density at radius 2 is 2.17 bits per heavy atom. The van der Waals surface area contributed by atoms with E-state index in [-0.39, 0.29) is 6.61 Å². The van der Waals surface area contributed by atoms with Crippen molar-refractivity contribution in [3.63, 3.8) is 0 Å². The van der Waals surface area contributed by atoms with Crippen molar-refractivity contribution < 1.29 is 9.53 Å². The second-order valence-electron chi connectivity index (χ2n) is 6.83. The van der Waals surface area contributed by atoms with Crippen LogP contribution < -0.4 is 10.5 Å². The van der Waals surface area contributed by atoms with E-state index in [0.717, 1.165) is 31.7 Å². The van der Waals surface area contributed by atoms with Gasteiger partial charge in [0.1, 0.15) is 5.75 Å². The molecule has 2 saturated heterocycles. The van der Waals surface area contributed by atoms with Crippen LogP contribution in [0.15, 0.2) is 24.3 Å². The van der Waals surface area contributed by atoms with Crippen LogP contribution in [0.1, 0.15) is 31.7 Å². The fraction of sp³-hybridized carbons (Fsp3) is 0.611. The van der Waals surface area contributed by atoms with Crippen LogP contribution in [0, 0.1) is 0 Å². The van der Waals surface area contributed by atoms with E-state index in [2.05, 4.69) is 22.8 Å². The van der Waals surface area contributed by atoms with Crippen molar-refractivity contribution in [2.75, 3.05) is 26.2 Å². The smallest absolute Gasteiger partial charge is 0.255 e. The summed E-state index contributed by atoms with van der Waals surface area (Å²) in [4.78, 5) is 15.9. The predicted octanol–water partition coefficient (Wildman–Crippen LogP) is 1.61. The lowest BCUT2D eigenvalue weighted by Gasteiger charge is -2.49. The van der Waals surface area contributed by atoms with E-state index in [0.29, 0.717) is 5.75 Å². The van der Waals surface area contributed by atoms with E-state index < -0.39 is 5.91 Å². The van der Waals surface area contributed by atoms with E-state index in [9.17, 15) is 4.79 Å². The molecule has 0 aliphatic carbocycles. The van der Waals surface area contributed by atoms with Crippen LogP contribution in [0.4, 0.5) is 0 Å². The minimum Gasteiger partial charge on any atom is -0.484 e. The molecule has 2 heterocycles. The van der Waals surface area contributed by atoms with Crippen LogP contribution in [-0.2, 0) is 11.3 Å². The van der Waals surface area contributed by atoms with Gasteiger partial charge in [-0.15, -0.1) is 0 Å². The Kier molecular flexibility index (Phi) is 5.18. The van der Waals surface area contributed by atoms with Crippen molar-refractivity contribution in [1.29, 1.82) is 0 Å². The van der Waals surface area contributed by atoms with E-state index in [1.807, 2.05) is 18.2 Å². The number of hydrogen-bond acceptors (Lipinski definition) is 4. The number of ether oxygens (including phenoxy) is 1. The van der Waals surface area contributed by atoms with Gasteiger partial charge in [-0.25, -0.2) is 0 Å². The molecule has 23 heavy (non-hydrogen) atoms. The molecule has 0 unspecified atom stereocenters. The van der Waals surface area contributed by atoms with Crippen molar-refractivity contribution in [3.8, 4) is 5.75 Å². The molecule has 1 atom stereocenters. The van der Waals surface area contributed by atoms with Crippen molar-refractivity contribution in [2.24, 2.45) is 5.73 Å². The third kappa shape index (κ3) is 4.24. The second kappa shape index (κ2) is 7.32. The van der Waals surface area contributed by atoms with Crippen LogP contribution in [0.2, 0.25) is 0 Å². The van der Waals surface area contributed by atoms with Gasteiger partial charge in [-0.1, -0.05) is 18.6 Å². The third-order valence-corrected chi connectivity index (χ3v) is 4.95. The molecule has 3 rings (SSSR count). The van der Waals surface area contributed by atoms with E-state index in [1.165, 1.54) is 31.4 Å². The van der Waals surface area contributed by atoms with Gasteiger partial charge in [-0.05, 0) is 44.0 Å². The summed E-state index contributed by atoms with van der Waals surface area (Å²) in [5.74, 6) is 0.264. The number of carbonyl (C=O) groups excluding carboxylic acids is 1. The molecule has 0 aromatic heterocycles. The first-order valence-corrected chi connectivity index (χ1v) is 8.60. The molecular weight excluding hydrogens is 290 g/mol. The van der Waals surface area contributed by atoms with Crippen molar-refractivity contribution >= 4 is 5.91 Å². The Labute approximate surface area is 138 Å². The molecule has 2 aliphatic rings. The fourth-order valence-electron chi connectivity index (χ4n) is 3.69. The minimum atomic E-state index is -0.448. The lowest BCUT2D eigenvalue weighted by Crippen LogP contribution is -2.61. The maximum Gasteiger partial charge on any atom is 0.255 e. The molecule has 0 radical (unpaired) electrons. The fourth-order valence-corrected chi connectivity index (χ4v) is 3.69. The number of carbonyl (C=O) groups is 1. The van der Waals surface area contributed by atoms with Crippen LogP contribution in [0.5, 0.6) is 5.75 Å². The summed E-state index contributed by atoms with van der Waals surface area (Å²) in [6, 6.07) is 9.39. The molecule has 0 spiro atoms. The molecule has 1 aromatic carbocycles. The Balaban J connectivity index is 1.48. The Morgan fingerprint density at radius 1 is 1.35 bits per heavy atom. The van der Waals surface area contributed by atoms with Gasteiger partial charge in [0.15, 0.2) is 6.61 Å². The molecule has 2 fully saturated rings. The molecular formula is C18H27N3O2. The first-order valence-electron chi connectivity index (χ1n) is 8.60. The number of primary amides is 1. The van der Waals surface area contributed by atoms with Gasteiger partial charge in [0.2, 0.25) is 0 Å². The normalized spacial score (nSPS) is 23.4. The van der Waals surface area contributed by atoms with Crippen LogP contribution in [0.3, 0.4) is 0 Å². The highest BCUT2D eigenvalue weighted by Crippen LogP contribution is 2.26. The molecule has 2 N–H and O–H groups in total. The zero-order valence-corrected chi connectivity index (χ0v) is 13.9. The van der Waals surface area contributed by atoms with E-state index >= 15 is 0 Å². The number of nitrogens with two attached hydrogens (primary N) is 1. The largest absolute Gasteiger partial charge is 0.484 e. The van der Waals surface area contributed by atoms with Gasteiger partial charge in [0.05, 0.1) is 0 Å². The lowest BCUT2D eigenvalue weighted by molar-refractivity contribution is -0.119. The van der Waals surface area contributed by atoms with Crippen molar-refractivity contribution in [3.05, 3.63) is 29.8 Å². The van der Waals surface area contributed by atoms with E-state index in [1.54, 1.807) is 0 Å². The summed E-state index contributed by atoms with van der Waals surface area (Å²) >= 11 is 0. The SMILES string of the molecule is C[C@H]1CCCCN1C1CN(Cc2cccc(OCC(N)=O)c2)C1. The predicted molar refractivity (Wildman–Crippen MR) is 90.2 cm³/mol. The number of rotatable bonds is 6. The Bertz CT molecular complexity index is 543. The number of nitrogens with zero attached hydrogens (tertiary/aromatic N) is 2. The molecule has 1 amide bonds. The maximum atomic E-state index is 10.8. The lowest BCUT2D eigenvalue weighted by atomic mass is 9.97. The van der Waals surface area contributed by atoms with Crippen molar-refractivity contribution in [2.45, 2.75) is 44.8 Å². The summed E-state index contributed by atoms with van der Waals surface area (Å²) < 4.78 is 5.37. The molecule has 1 aromatic rings. The Morgan fingerprint density at radius 3 is 2.91 bits per heavy atom. The molecule has 0 saturated carbocycles. The number of amides is 1. The van der Waals surface area contributed by atoms with Gasteiger partial charge < -0.3 is 10.5 Å². The van der Waals surface area contributed by atoms with Crippen LogP contribution in [-0.4, -0.2) is 54.0 Å². The highest BCUT2D eigenvalue weighted by molar-refractivity contribution is 5.75. The summed E-state index contributed by atoms with van der Waals surface area (Å²) in [6.07, 6.45) is 4.07. The van der Waals surface area contributed by atoms with Crippen LogP contribution in [0.25, 0.3) is 0 Å². The number of benzene rings is 1. The summed E-state index contributed by atoms with van der Waals surface area (Å²) in [6.45, 7) is 6.79. The summed E-state index contributed by atoms with van der Waals surface area (Å²) in [5, 5.41) is 0. The van der Waals surface area contributed by atoms with Gasteiger partial charge in [0, 0.05) is 31.7 Å². The highest BCUT2D eigenvalue weighted by Gasteiger charge is 2.34. The quantitative estimate of drug-likeness (QED) is 0.866. The molecule has 5 heteroatoms. The molecule has 0 bridgehead atoms. The van der Waals surface area contributed by atoms with Gasteiger partial charge in [-0.2, -0.15) is 0 Å². The van der Waals surface area contributed by atoms with Gasteiger partial charge >= 0.3 is 0 Å². The molecule has 2 aliphatic heterocycles. The molecule has 5 nitrogen and oxygen atoms in total. The first kappa shape index (κ1) is 16.3. The number of likely N-dealkylation sites (tertiary alicyclic amines) is 2. The average molecular weight is 317 g/mol. The van der Waals surface area contributed by atoms with E-state index in [4.69, 9.17) is 10.5 Å². The standard InChI is InChI=1S/C18H27N3O2/c1-14-5-2-3-8-21(14)16-11-20(12-16)10-15-6-4-7-17(9-15)23-13-18(19)22/h4,6-7,9,14,16H,2-3,5,8,10-13H2,1H3,(H2,19,22)/t14-/m0/s1. The van der Waals surface area contributed by atoms with Crippen molar-refractivity contribution in [1.82, 2.24) is 9.80 Å². The Hall–Kier alpha value is -1.59. The average Bonchev–Trinajstić information content (AvgIpc) is 2.50. The minimum absolute atomic E-state index is 0.0674. The summed E-state index contributed by atoms with van der Waals surface area (Å²) in [5.41, 5.74) is 6.33. The zero-order valence-electron chi connectivity index (χ0n) is 13.9. The van der Waals surface area contributed by atoms with Crippen LogP contribution >= 0.6 is 0 Å². The topological polar surface area (TPSA) is 58.8 Å². The third-order valence-electron chi connectivity index (χ3n) is 4.95. The monoisotopic (exact) mass is 317 g/mol. The maximum absolute atomic E-state index is 10.8. The first-order chi connectivity index (χ1) is 11.1. The highest BCUT2D eigenvalue weighted by atomic mass is 16.5. The summed E-state index contributed by atoms with van der Waals surface area (Å²) in [7, 11) is 0. The molecule has 126 valence electrons.